The summed E-state index contributed by atoms with van der Waals surface area (Å²) in [6, 6.07) is 0. The van der Waals surface area contributed by atoms with Crippen molar-refractivity contribution in [1.82, 2.24) is 0 Å². The number of hydrogen-bond acceptors (Lipinski definition) is 5. The van der Waals surface area contributed by atoms with Crippen molar-refractivity contribution in [2.45, 2.75) is 70.5 Å². The summed E-state index contributed by atoms with van der Waals surface area (Å²) in [5.41, 5.74) is 0. The molecule has 0 amide bonds. The smallest absolute Gasteiger partial charge is 0.305 e. The predicted octanol–water partition coefficient (Wildman–Crippen LogP) is 3.20. The lowest BCUT2D eigenvalue weighted by Crippen LogP contribution is -2.19. The average molecular weight is 379 g/mol. The number of methoxy groups -OCH3 is 1. The number of unbranched alkanes of at least 4 members (excludes halogenated alkanes) is 1. The zero-order valence-electron chi connectivity index (χ0n) is 16.5. The normalized spacial score (nSPS) is 31.7. The van der Waals surface area contributed by atoms with Gasteiger partial charge in [-0.1, -0.05) is 37.6 Å². The monoisotopic (exact) mass is 378 g/mol. The van der Waals surface area contributed by atoms with E-state index >= 15 is 0 Å². The molecule has 0 saturated heterocycles. The van der Waals surface area contributed by atoms with Crippen LogP contribution in [-0.4, -0.2) is 41.3 Å². The molecule has 0 radical (unpaired) electrons. The van der Waals surface area contributed by atoms with Crippen molar-refractivity contribution < 1.29 is 24.5 Å². The van der Waals surface area contributed by atoms with Gasteiger partial charge in [0.2, 0.25) is 0 Å². The summed E-state index contributed by atoms with van der Waals surface area (Å²) in [7, 11) is 1.38. The van der Waals surface area contributed by atoms with E-state index < -0.39 is 12.2 Å². The van der Waals surface area contributed by atoms with Crippen LogP contribution in [-0.2, 0) is 14.3 Å². The summed E-state index contributed by atoms with van der Waals surface area (Å²) >= 11 is 0. The summed E-state index contributed by atoms with van der Waals surface area (Å²) in [6.07, 6.45) is 12.2. The minimum absolute atomic E-state index is 0.0825. The van der Waals surface area contributed by atoms with Gasteiger partial charge >= 0.3 is 5.97 Å². The number of aliphatic hydroxyl groups is 2. The molecule has 2 saturated carbocycles. The number of ketones is 1. The molecule has 0 aromatic heterocycles. The first kappa shape index (κ1) is 21.8. The van der Waals surface area contributed by atoms with Gasteiger partial charge in [0.25, 0.3) is 0 Å². The molecule has 2 rings (SSSR count). The maximum Gasteiger partial charge on any atom is 0.305 e. The fraction of sp³-hybridized carbons (Fsp3) is 0.727. The Labute approximate surface area is 162 Å². The molecule has 5 nitrogen and oxygen atoms in total. The van der Waals surface area contributed by atoms with Crippen molar-refractivity contribution >= 4 is 11.8 Å². The zero-order chi connectivity index (χ0) is 19.8. The lowest BCUT2D eigenvalue weighted by molar-refractivity contribution is -0.140. The molecule has 5 heteroatoms. The summed E-state index contributed by atoms with van der Waals surface area (Å²) in [5, 5.41) is 20.4. The molecule has 6 atom stereocenters. The fourth-order valence-corrected chi connectivity index (χ4v) is 4.10. The van der Waals surface area contributed by atoms with Gasteiger partial charge in [-0.2, -0.15) is 0 Å². The Morgan fingerprint density at radius 3 is 2.78 bits per heavy atom. The van der Waals surface area contributed by atoms with Gasteiger partial charge in [0.05, 0.1) is 19.3 Å². The molecule has 2 aliphatic rings. The third-order valence-electron chi connectivity index (χ3n) is 5.96. The molecule has 0 aliphatic heterocycles. The molecule has 1 unspecified atom stereocenters. The lowest BCUT2D eigenvalue weighted by atomic mass is 9.90. The van der Waals surface area contributed by atoms with Crippen LogP contribution in [0.2, 0.25) is 0 Å². The van der Waals surface area contributed by atoms with Crippen molar-refractivity contribution in [3.63, 3.8) is 0 Å². The summed E-state index contributed by atoms with van der Waals surface area (Å²) in [5.74, 6) is 0.784. The Bertz CT molecular complexity index is 553. The number of allylic oxidation sites excluding steroid dienone is 2. The third kappa shape index (κ3) is 6.89. The maximum absolute atomic E-state index is 12.2. The number of aliphatic hydroxyl groups excluding tert-OH is 2. The van der Waals surface area contributed by atoms with Gasteiger partial charge in [0.1, 0.15) is 5.78 Å². The first-order valence-corrected chi connectivity index (χ1v) is 10.2. The SMILES string of the molecule is CC[C@H]1C[C@H]1CC(O)/C=C/[C@H]1[C@H](O)CC(=O)[C@@H]1C/C=C\CCCC(=O)OC. The molecule has 0 bridgehead atoms. The van der Waals surface area contributed by atoms with Gasteiger partial charge in [-0.3, -0.25) is 9.59 Å². The summed E-state index contributed by atoms with van der Waals surface area (Å²) in [6.45, 7) is 2.18. The van der Waals surface area contributed by atoms with E-state index in [0.29, 0.717) is 18.8 Å². The Kier molecular flexibility index (Phi) is 8.71. The third-order valence-corrected chi connectivity index (χ3v) is 5.96. The van der Waals surface area contributed by atoms with Crippen molar-refractivity contribution in [2.24, 2.45) is 23.7 Å². The van der Waals surface area contributed by atoms with Crippen molar-refractivity contribution in [1.29, 1.82) is 0 Å². The predicted molar refractivity (Wildman–Crippen MR) is 104 cm³/mol. The Morgan fingerprint density at radius 2 is 2.11 bits per heavy atom. The molecule has 2 fully saturated rings. The molecule has 0 spiro atoms. The van der Waals surface area contributed by atoms with E-state index in [0.717, 1.165) is 25.2 Å². The standard InChI is InChI=1S/C22H34O5/c1-3-15-12-16(15)13-17(23)10-11-19-18(20(24)14-21(19)25)8-6-4-5-7-9-22(26)27-2/h4,6,10-11,15-19,21,23,25H,3,5,7-9,12-14H2,1-2H3/b6-4-,11-10+/t15-,16-,17?,18+,19+,21+/m0/s1. The lowest BCUT2D eigenvalue weighted by Gasteiger charge is -2.16. The molecule has 2 N–H and O–H groups in total. The number of Topliss-reactive ketones (excluding diaryl/α,β-unsaturated/α-hetero) is 1. The second-order valence-corrected chi connectivity index (χ2v) is 7.95. The van der Waals surface area contributed by atoms with Crippen LogP contribution < -0.4 is 0 Å². The summed E-state index contributed by atoms with van der Waals surface area (Å²) < 4.78 is 4.60. The van der Waals surface area contributed by atoms with Crippen LogP contribution in [0, 0.1) is 23.7 Å². The molecular formula is C22H34O5. The Morgan fingerprint density at radius 1 is 1.33 bits per heavy atom. The number of hydrogen-bond donors (Lipinski definition) is 2. The van der Waals surface area contributed by atoms with Crippen LogP contribution >= 0.6 is 0 Å². The van der Waals surface area contributed by atoms with Crippen molar-refractivity contribution in [2.75, 3.05) is 7.11 Å². The first-order valence-electron chi connectivity index (χ1n) is 10.2. The quantitative estimate of drug-likeness (QED) is 0.328. The van der Waals surface area contributed by atoms with Crippen molar-refractivity contribution in [3.05, 3.63) is 24.3 Å². The van der Waals surface area contributed by atoms with E-state index in [1.165, 1.54) is 20.0 Å². The van der Waals surface area contributed by atoms with E-state index in [4.69, 9.17) is 0 Å². The van der Waals surface area contributed by atoms with Crippen LogP contribution in [0.1, 0.15) is 58.3 Å². The molecular weight excluding hydrogens is 344 g/mol. The van der Waals surface area contributed by atoms with Crippen LogP contribution in [0.3, 0.4) is 0 Å². The van der Waals surface area contributed by atoms with E-state index in [-0.39, 0.29) is 30.0 Å². The number of esters is 1. The van der Waals surface area contributed by atoms with Crippen LogP contribution in [0.4, 0.5) is 0 Å². The highest BCUT2D eigenvalue weighted by Crippen LogP contribution is 2.44. The zero-order valence-corrected chi connectivity index (χ0v) is 16.5. The van der Waals surface area contributed by atoms with Gasteiger partial charge < -0.3 is 14.9 Å². The largest absolute Gasteiger partial charge is 0.469 e. The number of carbonyl (C=O) groups excluding carboxylic acids is 2. The van der Waals surface area contributed by atoms with Gasteiger partial charge in [0.15, 0.2) is 0 Å². The summed E-state index contributed by atoms with van der Waals surface area (Å²) in [4.78, 5) is 23.3. The van der Waals surface area contributed by atoms with E-state index in [2.05, 4.69) is 11.7 Å². The highest BCUT2D eigenvalue weighted by Gasteiger charge is 2.39. The molecule has 0 heterocycles. The molecule has 152 valence electrons. The topological polar surface area (TPSA) is 83.8 Å². The number of carbonyl (C=O) groups is 2. The van der Waals surface area contributed by atoms with Gasteiger partial charge in [0, 0.05) is 24.7 Å². The highest BCUT2D eigenvalue weighted by atomic mass is 16.5. The van der Waals surface area contributed by atoms with Crippen LogP contribution in [0.25, 0.3) is 0 Å². The van der Waals surface area contributed by atoms with Gasteiger partial charge in [-0.15, -0.1) is 0 Å². The Hall–Kier alpha value is -1.46. The van der Waals surface area contributed by atoms with Crippen LogP contribution in [0.5, 0.6) is 0 Å². The number of ether oxygens (including phenoxy) is 1. The molecule has 2 aliphatic carbocycles. The van der Waals surface area contributed by atoms with E-state index in [9.17, 15) is 19.8 Å². The Balaban J connectivity index is 1.78. The first-order chi connectivity index (χ1) is 13.0. The molecule has 0 aromatic carbocycles. The van der Waals surface area contributed by atoms with Gasteiger partial charge in [-0.05, 0) is 43.9 Å². The van der Waals surface area contributed by atoms with Crippen molar-refractivity contribution in [3.8, 4) is 0 Å². The minimum Gasteiger partial charge on any atom is -0.469 e. The highest BCUT2D eigenvalue weighted by molar-refractivity contribution is 5.84. The second kappa shape index (κ2) is 10.8. The molecule has 0 aromatic rings. The average Bonchev–Trinajstić information content (AvgIpc) is 3.33. The fourth-order valence-electron chi connectivity index (χ4n) is 4.10. The van der Waals surface area contributed by atoms with Gasteiger partial charge in [-0.25, -0.2) is 0 Å². The second-order valence-electron chi connectivity index (χ2n) is 7.95. The van der Waals surface area contributed by atoms with E-state index in [1.807, 2.05) is 18.2 Å². The minimum atomic E-state index is -0.664. The maximum atomic E-state index is 12.2. The number of rotatable bonds is 11. The van der Waals surface area contributed by atoms with Crippen LogP contribution in [0.15, 0.2) is 24.3 Å². The van der Waals surface area contributed by atoms with E-state index in [1.54, 1.807) is 6.08 Å². The molecule has 27 heavy (non-hydrogen) atoms.